The van der Waals surface area contributed by atoms with Crippen LogP contribution in [0.3, 0.4) is 0 Å². The maximum absolute atomic E-state index is 12.6. The van der Waals surface area contributed by atoms with E-state index in [0.717, 1.165) is 25.7 Å². The number of nitrogens with one attached hydrogen (secondary N) is 1. The van der Waals surface area contributed by atoms with E-state index in [1.807, 2.05) is 13.8 Å². The summed E-state index contributed by atoms with van der Waals surface area (Å²) in [4.78, 5) is 12.8. The van der Waals surface area contributed by atoms with E-state index in [9.17, 15) is 13.2 Å². The van der Waals surface area contributed by atoms with E-state index in [1.165, 1.54) is 15.6 Å². The maximum atomic E-state index is 12.6. The number of nitrogens with zero attached hydrogens (tertiary/aromatic N) is 1. The third-order valence-corrected chi connectivity index (χ3v) is 6.82. The van der Waals surface area contributed by atoms with E-state index in [2.05, 4.69) is 5.32 Å². The Morgan fingerprint density at radius 1 is 1.33 bits per heavy atom. The zero-order chi connectivity index (χ0) is 15.5. The minimum atomic E-state index is -3.54. The first-order valence-electron chi connectivity index (χ1n) is 7.39. The number of rotatable bonds is 6. The summed E-state index contributed by atoms with van der Waals surface area (Å²) in [6, 6.07) is 1.63. The molecule has 21 heavy (non-hydrogen) atoms. The lowest BCUT2D eigenvalue weighted by atomic mass is 10.2. The first kappa shape index (κ1) is 16.5. The van der Waals surface area contributed by atoms with Crippen LogP contribution in [0.4, 0.5) is 0 Å². The van der Waals surface area contributed by atoms with Gasteiger partial charge in [0.15, 0.2) is 0 Å². The smallest absolute Gasteiger partial charge is 0.262 e. The summed E-state index contributed by atoms with van der Waals surface area (Å²) in [5, 5.41) is 4.58. The molecule has 1 fully saturated rings. The third kappa shape index (κ3) is 3.46. The van der Waals surface area contributed by atoms with E-state index < -0.39 is 10.0 Å². The van der Waals surface area contributed by atoms with E-state index in [4.69, 9.17) is 0 Å². The molecule has 1 amide bonds. The van der Waals surface area contributed by atoms with E-state index in [1.54, 1.807) is 11.4 Å². The Morgan fingerprint density at radius 3 is 2.52 bits per heavy atom. The highest BCUT2D eigenvalue weighted by atomic mass is 32.2. The maximum Gasteiger partial charge on any atom is 0.262 e. The van der Waals surface area contributed by atoms with E-state index in [-0.39, 0.29) is 16.8 Å². The highest BCUT2D eigenvalue weighted by molar-refractivity contribution is 7.89. The largest absolute Gasteiger partial charge is 0.349 e. The Bertz CT molecular complexity index is 585. The normalized spacial score (nSPS) is 16.5. The molecule has 1 N–H and O–H groups in total. The predicted molar refractivity (Wildman–Crippen MR) is 84.1 cm³/mol. The van der Waals surface area contributed by atoms with Gasteiger partial charge in [0.25, 0.3) is 5.91 Å². The molecular formula is C14H22N2O3S2. The van der Waals surface area contributed by atoms with Gasteiger partial charge in [0.2, 0.25) is 10.0 Å². The van der Waals surface area contributed by atoms with Crippen molar-refractivity contribution in [2.24, 2.45) is 0 Å². The van der Waals surface area contributed by atoms with Gasteiger partial charge >= 0.3 is 0 Å². The molecule has 1 aliphatic heterocycles. The first-order valence-corrected chi connectivity index (χ1v) is 9.71. The quantitative estimate of drug-likeness (QED) is 0.871. The monoisotopic (exact) mass is 330 g/mol. The van der Waals surface area contributed by atoms with Crippen LogP contribution in [0.2, 0.25) is 0 Å². The topological polar surface area (TPSA) is 66.5 Å². The molecule has 2 rings (SSSR count). The highest BCUT2D eigenvalue weighted by Crippen LogP contribution is 2.27. The van der Waals surface area contributed by atoms with Crippen LogP contribution in [0, 0.1) is 0 Å². The Kier molecular flexibility index (Phi) is 5.40. The van der Waals surface area contributed by atoms with Crippen molar-refractivity contribution in [3.63, 3.8) is 0 Å². The fourth-order valence-corrected chi connectivity index (χ4v) is 5.30. The lowest BCUT2D eigenvalue weighted by Crippen LogP contribution is -2.35. The van der Waals surface area contributed by atoms with Crippen LogP contribution in [0.5, 0.6) is 0 Å². The van der Waals surface area contributed by atoms with E-state index in [0.29, 0.717) is 18.0 Å². The average molecular weight is 330 g/mol. The van der Waals surface area contributed by atoms with Crippen LogP contribution in [-0.2, 0) is 10.0 Å². The Hall–Kier alpha value is -0.920. The van der Waals surface area contributed by atoms with Crippen LogP contribution in [0.25, 0.3) is 0 Å². The van der Waals surface area contributed by atoms with E-state index >= 15 is 0 Å². The standard InChI is InChI=1S/C14H22N2O3S2/c1-3-11(4-2)15-14(17)13-12(7-10-20-13)21(18,19)16-8-5-6-9-16/h7,10-11H,3-6,8-9H2,1-2H3,(H,15,17). The molecule has 7 heteroatoms. The molecule has 0 saturated carbocycles. The lowest BCUT2D eigenvalue weighted by Gasteiger charge is -2.17. The summed E-state index contributed by atoms with van der Waals surface area (Å²) in [6.45, 7) is 5.10. The van der Waals surface area contributed by atoms with Crippen molar-refractivity contribution in [1.29, 1.82) is 0 Å². The SMILES string of the molecule is CCC(CC)NC(=O)c1sccc1S(=O)(=O)N1CCCC1. The van der Waals surface area contributed by atoms with Crippen molar-refractivity contribution in [3.8, 4) is 0 Å². The van der Waals surface area contributed by atoms with Crippen LogP contribution >= 0.6 is 11.3 Å². The van der Waals surface area contributed by atoms with Crippen molar-refractivity contribution < 1.29 is 13.2 Å². The summed E-state index contributed by atoms with van der Waals surface area (Å²) in [6.07, 6.45) is 3.45. The number of carbonyl (C=O) groups excluding carboxylic acids is 1. The Balaban J connectivity index is 2.24. The number of carbonyl (C=O) groups is 1. The molecule has 118 valence electrons. The number of amides is 1. The predicted octanol–water partition coefficient (Wildman–Crippen LogP) is 2.45. The molecular weight excluding hydrogens is 308 g/mol. The van der Waals surface area contributed by atoms with Gasteiger partial charge in [0.05, 0.1) is 0 Å². The van der Waals surface area contributed by atoms with Gasteiger partial charge in [-0.25, -0.2) is 8.42 Å². The molecule has 0 atom stereocenters. The number of sulfonamides is 1. The molecule has 2 heterocycles. The molecule has 1 aromatic rings. The molecule has 1 saturated heterocycles. The number of thiophene rings is 1. The average Bonchev–Trinajstić information content (AvgIpc) is 3.14. The molecule has 0 spiro atoms. The van der Waals surface area contributed by atoms with Crippen molar-refractivity contribution in [2.45, 2.75) is 50.5 Å². The molecule has 0 radical (unpaired) electrons. The van der Waals surface area contributed by atoms with Gasteiger partial charge in [-0.3, -0.25) is 4.79 Å². The van der Waals surface area contributed by atoms with Crippen molar-refractivity contribution in [3.05, 3.63) is 16.3 Å². The molecule has 0 aliphatic carbocycles. The van der Waals surface area contributed by atoms with Gasteiger partial charge in [-0.1, -0.05) is 13.8 Å². The summed E-state index contributed by atoms with van der Waals surface area (Å²) in [7, 11) is -3.54. The molecule has 0 aromatic carbocycles. The van der Waals surface area contributed by atoms with Crippen molar-refractivity contribution in [2.75, 3.05) is 13.1 Å². The summed E-state index contributed by atoms with van der Waals surface area (Å²) in [5.74, 6) is -0.281. The second kappa shape index (κ2) is 6.89. The van der Waals surface area contributed by atoms with Gasteiger partial charge in [0, 0.05) is 19.1 Å². The first-order chi connectivity index (χ1) is 10.0. The second-order valence-corrected chi connectivity index (χ2v) is 8.03. The Morgan fingerprint density at radius 2 is 1.95 bits per heavy atom. The van der Waals surface area contributed by atoms with Gasteiger partial charge in [-0.2, -0.15) is 4.31 Å². The third-order valence-electron chi connectivity index (χ3n) is 3.84. The summed E-state index contributed by atoms with van der Waals surface area (Å²) < 4.78 is 26.7. The zero-order valence-corrected chi connectivity index (χ0v) is 14.1. The van der Waals surface area contributed by atoms with Crippen LogP contribution < -0.4 is 5.32 Å². The lowest BCUT2D eigenvalue weighted by molar-refractivity contribution is 0.0936. The van der Waals surface area contributed by atoms with Gasteiger partial charge in [-0.15, -0.1) is 11.3 Å². The molecule has 1 aliphatic rings. The second-order valence-electron chi connectivity index (χ2n) is 5.21. The van der Waals surface area contributed by atoms with Gasteiger partial charge < -0.3 is 5.32 Å². The molecule has 0 bridgehead atoms. The zero-order valence-electron chi connectivity index (χ0n) is 12.5. The minimum Gasteiger partial charge on any atom is -0.349 e. The van der Waals surface area contributed by atoms with Gasteiger partial charge in [-0.05, 0) is 37.1 Å². The van der Waals surface area contributed by atoms with Crippen LogP contribution in [0.15, 0.2) is 16.3 Å². The Labute approximate surface area is 130 Å². The minimum absolute atomic E-state index is 0.0851. The van der Waals surface area contributed by atoms with Gasteiger partial charge in [0.1, 0.15) is 9.77 Å². The fourth-order valence-electron chi connectivity index (χ4n) is 2.48. The summed E-state index contributed by atoms with van der Waals surface area (Å²) in [5.41, 5.74) is 0. The molecule has 1 aromatic heterocycles. The van der Waals surface area contributed by atoms with Crippen molar-refractivity contribution >= 4 is 27.3 Å². The highest BCUT2D eigenvalue weighted by Gasteiger charge is 2.32. The van der Waals surface area contributed by atoms with Crippen molar-refractivity contribution in [1.82, 2.24) is 9.62 Å². The van der Waals surface area contributed by atoms with Crippen LogP contribution in [0.1, 0.15) is 49.2 Å². The summed E-state index contributed by atoms with van der Waals surface area (Å²) >= 11 is 1.19. The molecule has 0 unspecified atom stereocenters. The molecule has 5 nitrogen and oxygen atoms in total. The number of hydrogen-bond donors (Lipinski definition) is 1. The van der Waals surface area contributed by atoms with Crippen LogP contribution in [-0.4, -0.2) is 37.8 Å². The fraction of sp³-hybridized carbons (Fsp3) is 0.643. The number of hydrogen-bond acceptors (Lipinski definition) is 4.